The van der Waals surface area contributed by atoms with E-state index in [4.69, 9.17) is 0 Å². The van der Waals surface area contributed by atoms with Gasteiger partial charge >= 0.3 is 0 Å². The predicted molar refractivity (Wildman–Crippen MR) is 75.5 cm³/mol. The van der Waals surface area contributed by atoms with Crippen LogP contribution in [0.2, 0.25) is 0 Å². The molecule has 100 valence electrons. The van der Waals surface area contributed by atoms with Gasteiger partial charge in [-0.2, -0.15) is 0 Å². The third-order valence-corrected chi connectivity index (χ3v) is 4.11. The third-order valence-electron chi connectivity index (χ3n) is 2.79. The molecule has 0 saturated carbocycles. The van der Waals surface area contributed by atoms with Gasteiger partial charge in [0, 0.05) is 11.1 Å². The SMILES string of the molecule is CCc1cnc(C(C)NC(=O)c2ccccc2O)s1. The standard InChI is InChI=1S/C14H16N2O2S/c1-3-10-8-15-14(19-10)9(2)16-13(18)11-6-4-5-7-12(11)17/h4-9,17H,3H2,1-2H3,(H,16,18). The Morgan fingerprint density at radius 1 is 1.47 bits per heavy atom. The first kappa shape index (κ1) is 13.5. The number of para-hydroxylation sites is 1. The first-order valence-corrected chi connectivity index (χ1v) is 6.97. The molecule has 2 aromatic rings. The van der Waals surface area contributed by atoms with Gasteiger partial charge in [-0.1, -0.05) is 19.1 Å². The number of nitrogens with one attached hydrogen (secondary N) is 1. The second kappa shape index (κ2) is 5.84. The molecule has 0 radical (unpaired) electrons. The van der Waals surface area contributed by atoms with Crippen molar-refractivity contribution < 1.29 is 9.90 Å². The number of rotatable bonds is 4. The largest absolute Gasteiger partial charge is 0.507 e. The van der Waals surface area contributed by atoms with Crippen LogP contribution in [0.4, 0.5) is 0 Å². The minimum atomic E-state index is -0.293. The second-order valence-corrected chi connectivity index (χ2v) is 5.38. The Morgan fingerprint density at radius 3 is 2.84 bits per heavy atom. The van der Waals surface area contributed by atoms with E-state index in [0.29, 0.717) is 0 Å². The van der Waals surface area contributed by atoms with E-state index in [0.717, 1.165) is 11.4 Å². The fourth-order valence-corrected chi connectivity index (χ4v) is 2.55. The average Bonchev–Trinajstić information content (AvgIpc) is 2.88. The Kier molecular flexibility index (Phi) is 4.16. The van der Waals surface area contributed by atoms with Crippen molar-refractivity contribution in [2.24, 2.45) is 0 Å². The topological polar surface area (TPSA) is 62.2 Å². The molecule has 19 heavy (non-hydrogen) atoms. The van der Waals surface area contributed by atoms with E-state index < -0.39 is 0 Å². The summed E-state index contributed by atoms with van der Waals surface area (Å²) >= 11 is 1.59. The van der Waals surface area contributed by atoms with E-state index in [1.54, 1.807) is 29.5 Å². The van der Waals surface area contributed by atoms with Crippen LogP contribution in [0.25, 0.3) is 0 Å². The number of carbonyl (C=O) groups excluding carboxylic acids is 1. The van der Waals surface area contributed by atoms with Crippen molar-refractivity contribution in [2.75, 3.05) is 0 Å². The lowest BCUT2D eigenvalue weighted by Crippen LogP contribution is -2.26. The van der Waals surface area contributed by atoms with Crippen LogP contribution >= 0.6 is 11.3 Å². The third kappa shape index (κ3) is 3.12. The molecule has 0 aliphatic heterocycles. The number of nitrogens with zero attached hydrogens (tertiary/aromatic N) is 1. The number of carbonyl (C=O) groups is 1. The van der Waals surface area contributed by atoms with Gasteiger partial charge < -0.3 is 10.4 Å². The zero-order valence-corrected chi connectivity index (χ0v) is 11.7. The number of phenolic OH excluding ortho intramolecular Hbond substituents is 1. The molecule has 1 aromatic carbocycles. The highest BCUT2D eigenvalue weighted by Crippen LogP contribution is 2.22. The molecule has 0 bridgehead atoms. The summed E-state index contributed by atoms with van der Waals surface area (Å²) in [5.74, 6) is -0.306. The highest BCUT2D eigenvalue weighted by atomic mass is 32.1. The van der Waals surface area contributed by atoms with Crippen LogP contribution in [-0.2, 0) is 6.42 Å². The van der Waals surface area contributed by atoms with Crippen molar-refractivity contribution in [3.05, 3.63) is 45.9 Å². The molecule has 4 nitrogen and oxygen atoms in total. The molecule has 0 fully saturated rings. The minimum absolute atomic E-state index is 0.0133. The Balaban J connectivity index is 2.08. The van der Waals surface area contributed by atoms with E-state index in [1.165, 1.54) is 10.9 Å². The molecule has 1 unspecified atom stereocenters. The van der Waals surface area contributed by atoms with Gasteiger partial charge in [-0.05, 0) is 25.5 Å². The van der Waals surface area contributed by atoms with Crippen molar-refractivity contribution in [3.63, 3.8) is 0 Å². The van der Waals surface area contributed by atoms with Crippen LogP contribution < -0.4 is 5.32 Å². The predicted octanol–water partition coefficient (Wildman–Crippen LogP) is 2.90. The zero-order valence-electron chi connectivity index (χ0n) is 10.9. The van der Waals surface area contributed by atoms with Gasteiger partial charge in [0.1, 0.15) is 10.8 Å². The number of aryl methyl sites for hydroxylation is 1. The summed E-state index contributed by atoms with van der Waals surface area (Å²) in [5, 5.41) is 13.3. The van der Waals surface area contributed by atoms with Crippen LogP contribution in [0.3, 0.4) is 0 Å². The van der Waals surface area contributed by atoms with E-state index in [2.05, 4.69) is 17.2 Å². The maximum atomic E-state index is 12.0. The van der Waals surface area contributed by atoms with E-state index in [9.17, 15) is 9.90 Å². The molecule has 0 saturated heterocycles. The van der Waals surface area contributed by atoms with Crippen molar-refractivity contribution >= 4 is 17.2 Å². The number of hydrogen-bond acceptors (Lipinski definition) is 4. The maximum Gasteiger partial charge on any atom is 0.255 e. The van der Waals surface area contributed by atoms with Crippen LogP contribution in [0.15, 0.2) is 30.5 Å². The lowest BCUT2D eigenvalue weighted by Gasteiger charge is -2.11. The molecule has 1 aromatic heterocycles. The van der Waals surface area contributed by atoms with Gasteiger partial charge in [-0.3, -0.25) is 4.79 Å². The van der Waals surface area contributed by atoms with Crippen LogP contribution in [0, 0.1) is 0 Å². The summed E-state index contributed by atoms with van der Waals surface area (Å²) in [6.45, 7) is 3.96. The Morgan fingerprint density at radius 2 is 2.21 bits per heavy atom. The van der Waals surface area contributed by atoms with Crippen LogP contribution in [0.5, 0.6) is 5.75 Å². The molecule has 1 heterocycles. The van der Waals surface area contributed by atoms with E-state index >= 15 is 0 Å². The average molecular weight is 276 g/mol. The smallest absolute Gasteiger partial charge is 0.255 e. The van der Waals surface area contributed by atoms with Crippen molar-refractivity contribution in [3.8, 4) is 5.75 Å². The van der Waals surface area contributed by atoms with Gasteiger partial charge in [0.25, 0.3) is 5.91 Å². The zero-order chi connectivity index (χ0) is 13.8. The number of hydrogen-bond donors (Lipinski definition) is 2. The summed E-state index contributed by atoms with van der Waals surface area (Å²) in [5.41, 5.74) is 0.279. The first-order valence-electron chi connectivity index (χ1n) is 6.15. The summed E-state index contributed by atoms with van der Waals surface area (Å²) in [7, 11) is 0. The van der Waals surface area contributed by atoms with Crippen molar-refractivity contribution in [1.82, 2.24) is 10.3 Å². The fourth-order valence-electron chi connectivity index (χ4n) is 1.69. The molecule has 1 amide bonds. The van der Waals surface area contributed by atoms with E-state index in [-0.39, 0.29) is 23.3 Å². The summed E-state index contributed by atoms with van der Waals surface area (Å²) in [6, 6.07) is 6.33. The molecule has 0 aliphatic rings. The number of aromatic hydroxyl groups is 1. The summed E-state index contributed by atoms with van der Waals surface area (Å²) < 4.78 is 0. The van der Waals surface area contributed by atoms with Crippen molar-refractivity contribution in [1.29, 1.82) is 0 Å². The molecule has 2 N–H and O–H groups in total. The van der Waals surface area contributed by atoms with Gasteiger partial charge in [-0.25, -0.2) is 4.98 Å². The summed E-state index contributed by atoms with van der Waals surface area (Å²) in [6.07, 6.45) is 2.78. The van der Waals surface area contributed by atoms with E-state index in [1.807, 2.05) is 13.1 Å². The van der Waals surface area contributed by atoms with Crippen LogP contribution in [0.1, 0.15) is 40.1 Å². The lowest BCUT2D eigenvalue weighted by molar-refractivity contribution is 0.0937. The molecule has 0 spiro atoms. The molecule has 2 rings (SSSR count). The normalized spacial score (nSPS) is 12.1. The lowest BCUT2D eigenvalue weighted by atomic mass is 10.2. The highest BCUT2D eigenvalue weighted by molar-refractivity contribution is 7.11. The maximum absolute atomic E-state index is 12.0. The molecule has 0 aliphatic carbocycles. The van der Waals surface area contributed by atoms with Crippen molar-refractivity contribution in [2.45, 2.75) is 26.3 Å². The second-order valence-electron chi connectivity index (χ2n) is 4.23. The number of aromatic nitrogens is 1. The van der Waals surface area contributed by atoms with Crippen LogP contribution in [-0.4, -0.2) is 16.0 Å². The number of thiazole rings is 1. The quantitative estimate of drug-likeness (QED) is 0.902. The molecular formula is C14H16N2O2S. The molecule has 5 heteroatoms. The van der Waals surface area contributed by atoms with Gasteiger partial charge in [-0.15, -0.1) is 11.3 Å². The van der Waals surface area contributed by atoms with Gasteiger partial charge in [0.05, 0.1) is 11.6 Å². The first-order chi connectivity index (χ1) is 9.11. The molecular weight excluding hydrogens is 260 g/mol. The summed E-state index contributed by atoms with van der Waals surface area (Å²) in [4.78, 5) is 17.5. The minimum Gasteiger partial charge on any atom is -0.507 e. The molecule has 1 atom stereocenters. The number of amides is 1. The van der Waals surface area contributed by atoms with Gasteiger partial charge in [0.2, 0.25) is 0 Å². The Hall–Kier alpha value is -1.88. The monoisotopic (exact) mass is 276 g/mol. The number of benzene rings is 1. The number of phenols is 1. The Bertz CT molecular complexity index is 580. The highest BCUT2D eigenvalue weighted by Gasteiger charge is 2.16. The van der Waals surface area contributed by atoms with Gasteiger partial charge in [0.15, 0.2) is 0 Å². The fraction of sp³-hybridized carbons (Fsp3) is 0.286. The Labute approximate surface area is 116 Å².